The van der Waals surface area contributed by atoms with E-state index in [1.54, 1.807) is 12.1 Å². The Morgan fingerprint density at radius 2 is 1.76 bits per heavy atom. The van der Waals surface area contributed by atoms with E-state index in [0.717, 1.165) is 48.5 Å². The van der Waals surface area contributed by atoms with Crippen LogP contribution in [0, 0.1) is 5.82 Å². The lowest BCUT2D eigenvalue weighted by molar-refractivity contribution is 0.626. The molecule has 3 nitrogen and oxygen atoms in total. The molecule has 0 spiro atoms. The Balaban J connectivity index is 1.82. The van der Waals surface area contributed by atoms with Crippen LogP contribution < -0.4 is 9.80 Å². The Bertz CT molecular complexity index is 1260. The minimum Gasteiger partial charge on any atom is -0.378 e. The minimum atomic E-state index is -0.294. The summed E-state index contributed by atoms with van der Waals surface area (Å²) >= 11 is 0. The maximum Gasteiger partial charge on any atom is 0.148 e. The molecular formula is C29H32FN3. The number of benzene rings is 3. The van der Waals surface area contributed by atoms with Gasteiger partial charge in [-0.3, -0.25) is 0 Å². The van der Waals surface area contributed by atoms with E-state index in [1.165, 1.54) is 28.4 Å². The van der Waals surface area contributed by atoms with Crippen molar-refractivity contribution < 1.29 is 4.39 Å². The second-order valence-electron chi connectivity index (χ2n) is 9.87. The average molecular weight is 442 g/mol. The molecule has 0 bridgehead atoms. The zero-order chi connectivity index (χ0) is 23.3. The SMILES string of the molecule is CCN1CCCc2cc3c(cc21)C(C)(C)c1cc(N(C)C)ccc1C3=Nc1ccccc1F. The molecule has 3 aromatic rings. The Hall–Kier alpha value is -3.14. The highest BCUT2D eigenvalue weighted by molar-refractivity contribution is 6.18. The fourth-order valence-electron chi connectivity index (χ4n) is 5.36. The van der Waals surface area contributed by atoms with Crippen LogP contribution in [0.5, 0.6) is 0 Å². The normalized spacial score (nSPS) is 17.4. The van der Waals surface area contributed by atoms with Gasteiger partial charge < -0.3 is 9.80 Å². The maximum atomic E-state index is 14.7. The van der Waals surface area contributed by atoms with Gasteiger partial charge in [0, 0.05) is 55.1 Å². The number of halogens is 1. The van der Waals surface area contributed by atoms with Crippen LogP contribution in [-0.2, 0) is 11.8 Å². The van der Waals surface area contributed by atoms with E-state index in [4.69, 9.17) is 4.99 Å². The summed E-state index contributed by atoms with van der Waals surface area (Å²) in [4.78, 5) is 9.55. The summed E-state index contributed by atoms with van der Waals surface area (Å²) in [5.41, 5.74) is 9.63. The molecule has 3 aromatic carbocycles. The van der Waals surface area contributed by atoms with Crippen LogP contribution in [0.1, 0.15) is 55.0 Å². The van der Waals surface area contributed by atoms with Gasteiger partial charge >= 0.3 is 0 Å². The lowest BCUT2D eigenvalue weighted by Crippen LogP contribution is -2.34. The molecule has 0 fully saturated rings. The summed E-state index contributed by atoms with van der Waals surface area (Å²) in [6.45, 7) is 8.93. The van der Waals surface area contributed by atoms with Gasteiger partial charge in [0.2, 0.25) is 0 Å². The maximum absolute atomic E-state index is 14.7. The Labute approximate surface area is 196 Å². The third-order valence-electron chi connectivity index (χ3n) is 7.28. The van der Waals surface area contributed by atoms with E-state index in [0.29, 0.717) is 5.69 Å². The molecule has 1 aliphatic heterocycles. The molecule has 0 N–H and O–H groups in total. The quantitative estimate of drug-likeness (QED) is 0.464. The summed E-state index contributed by atoms with van der Waals surface area (Å²) in [6.07, 6.45) is 2.23. The molecule has 0 amide bonds. The molecule has 0 saturated heterocycles. The number of anilines is 2. The molecular weight excluding hydrogens is 409 g/mol. The monoisotopic (exact) mass is 441 g/mol. The van der Waals surface area contributed by atoms with Crippen molar-refractivity contribution in [1.29, 1.82) is 0 Å². The zero-order valence-corrected chi connectivity index (χ0v) is 20.2. The van der Waals surface area contributed by atoms with Gasteiger partial charge in [-0.1, -0.05) is 32.0 Å². The second-order valence-corrected chi connectivity index (χ2v) is 9.87. The smallest absolute Gasteiger partial charge is 0.148 e. The highest BCUT2D eigenvalue weighted by Crippen LogP contribution is 2.46. The Morgan fingerprint density at radius 1 is 1.00 bits per heavy atom. The highest BCUT2D eigenvalue weighted by Gasteiger charge is 2.37. The summed E-state index contributed by atoms with van der Waals surface area (Å²) in [5, 5.41) is 0. The van der Waals surface area contributed by atoms with Crippen LogP contribution in [0.4, 0.5) is 21.5 Å². The van der Waals surface area contributed by atoms with Gasteiger partial charge in [-0.15, -0.1) is 0 Å². The van der Waals surface area contributed by atoms with Crippen molar-refractivity contribution >= 4 is 22.8 Å². The van der Waals surface area contributed by atoms with E-state index in [1.807, 2.05) is 6.07 Å². The number of hydrogen-bond donors (Lipinski definition) is 0. The molecule has 5 rings (SSSR count). The Kier molecular flexibility index (Phi) is 5.27. The van der Waals surface area contributed by atoms with Crippen molar-refractivity contribution in [3.8, 4) is 0 Å². The number of aliphatic imine (C=N–C) groups is 1. The van der Waals surface area contributed by atoms with Crippen LogP contribution in [0.3, 0.4) is 0 Å². The van der Waals surface area contributed by atoms with Crippen molar-refractivity contribution in [2.75, 3.05) is 37.0 Å². The summed E-state index contributed by atoms with van der Waals surface area (Å²) < 4.78 is 14.7. The third kappa shape index (κ3) is 3.52. The molecule has 0 unspecified atom stereocenters. The molecule has 0 saturated carbocycles. The highest BCUT2D eigenvalue weighted by atomic mass is 19.1. The number of aryl methyl sites for hydroxylation is 1. The van der Waals surface area contributed by atoms with E-state index in [2.05, 4.69) is 75.0 Å². The molecule has 1 heterocycles. The predicted molar refractivity (Wildman–Crippen MR) is 137 cm³/mol. The minimum absolute atomic E-state index is 0.198. The molecule has 1 aliphatic carbocycles. The summed E-state index contributed by atoms with van der Waals surface area (Å²) in [5.74, 6) is -0.294. The lowest BCUT2D eigenvalue weighted by Gasteiger charge is -2.39. The summed E-state index contributed by atoms with van der Waals surface area (Å²) in [7, 11) is 4.13. The van der Waals surface area contributed by atoms with E-state index >= 15 is 0 Å². The van der Waals surface area contributed by atoms with E-state index < -0.39 is 0 Å². The van der Waals surface area contributed by atoms with Gasteiger partial charge in [0.05, 0.1) is 11.4 Å². The first kappa shape index (κ1) is 21.7. The van der Waals surface area contributed by atoms with Gasteiger partial charge in [0.15, 0.2) is 0 Å². The van der Waals surface area contributed by atoms with E-state index in [-0.39, 0.29) is 11.2 Å². The number of rotatable bonds is 3. The molecule has 2 aliphatic rings. The fraction of sp³-hybridized carbons (Fsp3) is 0.345. The van der Waals surface area contributed by atoms with Gasteiger partial charge in [0.25, 0.3) is 0 Å². The van der Waals surface area contributed by atoms with Gasteiger partial charge in [-0.2, -0.15) is 0 Å². The molecule has 0 aromatic heterocycles. The van der Waals surface area contributed by atoms with Crippen molar-refractivity contribution in [1.82, 2.24) is 0 Å². The molecule has 0 atom stereocenters. The van der Waals surface area contributed by atoms with Crippen molar-refractivity contribution in [2.45, 2.75) is 39.0 Å². The molecule has 33 heavy (non-hydrogen) atoms. The second kappa shape index (κ2) is 8.02. The first-order chi connectivity index (χ1) is 15.8. The summed E-state index contributed by atoms with van der Waals surface area (Å²) in [6, 6.07) is 18.1. The van der Waals surface area contributed by atoms with Crippen LogP contribution in [0.2, 0.25) is 0 Å². The topological polar surface area (TPSA) is 18.8 Å². The third-order valence-corrected chi connectivity index (χ3v) is 7.28. The van der Waals surface area contributed by atoms with Crippen LogP contribution in [-0.4, -0.2) is 32.9 Å². The fourth-order valence-corrected chi connectivity index (χ4v) is 5.36. The lowest BCUT2D eigenvalue weighted by atomic mass is 9.67. The van der Waals surface area contributed by atoms with E-state index in [9.17, 15) is 4.39 Å². The van der Waals surface area contributed by atoms with Gasteiger partial charge in [-0.05, 0) is 72.9 Å². The van der Waals surface area contributed by atoms with Crippen LogP contribution >= 0.6 is 0 Å². The van der Waals surface area contributed by atoms with Crippen molar-refractivity contribution in [2.24, 2.45) is 4.99 Å². The van der Waals surface area contributed by atoms with Crippen molar-refractivity contribution in [3.05, 3.63) is 88.2 Å². The Morgan fingerprint density at radius 3 is 2.48 bits per heavy atom. The number of fused-ring (bicyclic) bond motifs is 3. The largest absolute Gasteiger partial charge is 0.378 e. The molecule has 0 radical (unpaired) electrons. The van der Waals surface area contributed by atoms with Gasteiger partial charge in [-0.25, -0.2) is 9.38 Å². The number of para-hydroxylation sites is 1. The zero-order valence-electron chi connectivity index (χ0n) is 20.2. The molecule has 4 heteroatoms. The van der Waals surface area contributed by atoms with Gasteiger partial charge in [0.1, 0.15) is 5.82 Å². The van der Waals surface area contributed by atoms with Crippen molar-refractivity contribution in [3.63, 3.8) is 0 Å². The van der Waals surface area contributed by atoms with Crippen LogP contribution in [0.25, 0.3) is 0 Å². The first-order valence-electron chi connectivity index (χ1n) is 11.9. The average Bonchev–Trinajstić information content (AvgIpc) is 2.81. The molecule has 170 valence electrons. The number of hydrogen-bond acceptors (Lipinski definition) is 3. The first-order valence-corrected chi connectivity index (χ1v) is 11.9. The standard InChI is InChI=1S/C29H32FN3/c1-6-33-15-9-10-19-16-22-24(18-27(19)33)29(2,3)23-17-20(32(4)5)13-14-21(23)28(22)31-26-12-8-7-11-25(26)30/h7-8,11-14,16-18H,6,9-10,15H2,1-5H3. The number of nitrogens with zero attached hydrogens (tertiary/aromatic N) is 3. The van der Waals surface area contributed by atoms with Crippen LogP contribution in [0.15, 0.2) is 59.6 Å². The predicted octanol–water partition coefficient (Wildman–Crippen LogP) is 6.47.